The fraction of sp³-hybridized carbons (Fsp3) is 0.312. The zero-order chi connectivity index (χ0) is 16.1. The number of nitrogens with zero attached hydrogens (tertiary/aromatic N) is 6. The summed E-state index contributed by atoms with van der Waals surface area (Å²) in [5.74, 6) is 2.16. The van der Waals surface area contributed by atoms with Gasteiger partial charge in [0.1, 0.15) is 11.6 Å². The van der Waals surface area contributed by atoms with Crippen molar-refractivity contribution < 1.29 is 0 Å². The maximum atomic E-state index is 4.41. The van der Waals surface area contributed by atoms with E-state index in [0.29, 0.717) is 0 Å². The number of hydrogen-bond acceptors (Lipinski definition) is 4. The van der Waals surface area contributed by atoms with Gasteiger partial charge in [0.05, 0.1) is 23.3 Å². The smallest absolute Gasteiger partial charge is 0.142 e. The molecule has 23 heavy (non-hydrogen) atoms. The van der Waals surface area contributed by atoms with Gasteiger partial charge in [-0.3, -0.25) is 9.25 Å². The molecule has 0 unspecified atom stereocenters. The van der Waals surface area contributed by atoms with Crippen LogP contribution in [0.15, 0.2) is 35.1 Å². The molecule has 3 aromatic rings. The Morgan fingerprint density at radius 3 is 2.78 bits per heavy atom. The van der Waals surface area contributed by atoms with E-state index in [0.717, 1.165) is 39.7 Å². The first kappa shape index (κ1) is 14.4. The van der Waals surface area contributed by atoms with Crippen LogP contribution < -0.4 is 4.90 Å². The van der Waals surface area contributed by atoms with E-state index in [1.54, 1.807) is 0 Å². The third-order valence-corrected chi connectivity index (χ3v) is 4.71. The Balaban J connectivity index is 1.98. The lowest BCUT2D eigenvalue weighted by molar-refractivity contribution is 0.695. The number of benzene rings is 1. The van der Waals surface area contributed by atoms with Crippen LogP contribution in [0.3, 0.4) is 0 Å². The van der Waals surface area contributed by atoms with Crippen molar-refractivity contribution in [1.29, 1.82) is 0 Å². The van der Waals surface area contributed by atoms with Crippen LogP contribution in [0.1, 0.15) is 24.5 Å². The monoisotopic (exact) mass is 372 g/mol. The summed E-state index contributed by atoms with van der Waals surface area (Å²) in [6.45, 7) is 5.01. The van der Waals surface area contributed by atoms with Crippen molar-refractivity contribution in [1.82, 2.24) is 24.5 Å². The first-order valence-corrected chi connectivity index (χ1v) is 8.32. The second-order valence-electron chi connectivity index (χ2n) is 5.96. The van der Waals surface area contributed by atoms with Crippen LogP contribution in [-0.2, 0) is 7.05 Å². The fourth-order valence-electron chi connectivity index (χ4n) is 3.14. The second-order valence-corrected chi connectivity index (χ2v) is 6.87. The molecule has 1 atom stereocenters. The molecule has 0 saturated carbocycles. The molecular weight excluding hydrogens is 356 g/mol. The van der Waals surface area contributed by atoms with Crippen molar-refractivity contribution >= 4 is 27.3 Å². The highest BCUT2D eigenvalue weighted by atomic mass is 79.9. The summed E-state index contributed by atoms with van der Waals surface area (Å²) in [6, 6.07) is 6.31. The molecule has 0 aliphatic carbocycles. The zero-order valence-corrected chi connectivity index (χ0v) is 14.8. The topological polar surface area (TPSA) is 51.8 Å². The van der Waals surface area contributed by atoms with Gasteiger partial charge in [-0.25, -0.2) is 0 Å². The standard InChI is InChI=1S/C16H17BrN6/c1-10-8-22(13-7-18-21(3)9-13)15-6-12(17)4-5-14(15)23-11(2)19-20-16(10)23/h4-7,9-10H,8H2,1-3H3/t10-/m1/s1. The Labute approximate surface area is 142 Å². The quantitative estimate of drug-likeness (QED) is 0.657. The number of halogens is 1. The summed E-state index contributed by atoms with van der Waals surface area (Å²) >= 11 is 3.60. The van der Waals surface area contributed by atoms with Crippen LogP contribution in [0.25, 0.3) is 5.69 Å². The number of aromatic nitrogens is 5. The molecule has 1 aromatic carbocycles. The zero-order valence-electron chi connectivity index (χ0n) is 13.2. The number of hydrogen-bond donors (Lipinski definition) is 0. The second kappa shape index (κ2) is 5.19. The van der Waals surface area contributed by atoms with Crippen molar-refractivity contribution in [2.24, 2.45) is 7.05 Å². The number of aryl methyl sites for hydroxylation is 2. The average Bonchev–Trinajstić information content (AvgIpc) is 3.08. The van der Waals surface area contributed by atoms with Gasteiger partial charge >= 0.3 is 0 Å². The highest BCUT2D eigenvalue weighted by Gasteiger charge is 2.28. The number of anilines is 2. The van der Waals surface area contributed by atoms with E-state index >= 15 is 0 Å². The Hall–Kier alpha value is -2.15. The van der Waals surface area contributed by atoms with Crippen molar-refractivity contribution in [3.63, 3.8) is 0 Å². The van der Waals surface area contributed by atoms with Crippen LogP contribution in [0.5, 0.6) is 0 Å². The number of fused-ring (bicyclic) bond motifs is 3. The molecule has 7 heteroatoms. The van der Waals surface area contributed by atoms with E-state index < -0.39 is 0 Å². The normalized spacial score (nSPS) is 16.9. The highest BCUT2D eigenvalue weighted by molar-refractivity contribution is 9.10. The fourth-order valence-corrected chi connectivity index (χ4v) is 3.49. The van der Waals surface area contributed by atoms with Crippen LogP contribution in [0.2, 0.25) is 0 Å². The predicted molar refractivity (Wildman–Crippen MR) is 92.4 cm³/mol. The molecule has 6 nitrogen and oxygen atoms in total. The predicted octanol–water partition coefficient (Wildman–Crippen LogP) is 3.33. The van der Waals surface area contributed by atoms with Gasteiger partial charge in [-0.2, -0.15) is 5.10 Å². The molecule has 0 saturated heterocycles. The first-order chi connectivity index (χ1) is 11.0. The lowest BCUT2D eigenvalue weighted by Gasteiger charge is -2.25. The summed E-state index contributed by atoms with van der Waals surface area (Å²) < 4.78 is 5.03. The SMILES string of the molecule is Cc1nnc2n1-c1ccc(Br)cc1N(c1cnn(C)c1)C[C@H]2C. The van der Waals surface area contributed by atoms with Gasteiger partial charge < -0.3 is 4.90 Å². The lowest BCUT2D eigenvalue weighted by Crippen LogP contribution is -2.21. The van der Waals surface area contributed by atoms with Crippen molar-refractivity contribution in [2.75, 3.05) is 11.4 Å². The molecule has 0 radical (unpaired) electrons. The van der Waals surface area contributed by atoms with E-state index in [1.807, 2.05) is 31.0 Å². The summed E-state index contributed by atoms with van der Waals surface area (Å²) in [5.41, 5.74) is 3.30. The lowest BCUT2D eigenvalue weighted by atomic mass is 10.1. The molecule has 118 valence electrons. The van der Waals surface area contributed by atoms with Crippen LogP contribution in [0.4, 0.5) is 11.4 Å². The molecule has 0 bridgehead atoms. The summed E-state index contributed by atoms with van der Waals surface area (Å²) in [5, 5.41) is 13.0. The summed E-state index contributed by atoms with van der Waals surface area (Å²) in [6.07, 6.45) is 3.94. The van der Waals surface area contributed by atoms with Gasteiger partial charge in [0, 0.05) is 30.2 Å². The Kier molecular flexibility index (Phi) is 3.26. The van der Waals surface area contributed by atoms with E-state index in [2.05, 4.69) is 65.8 Å². The summed E-state index contributed by atoms with van der Waals surface area (Å²) in [4.78, 5) is 2.30. The van der Waals surface area contributed by atoms with Gasteiger partial charge in [-0.15, -0.1) is 10.2 Å². The molecule has 3 heterocycles. The molecule has 4 rings (SSSR count). The minimum atomic E-state index is 0.252. The van der Waals surface area contributed by atoms with Gasteiger partial charge in [0.2, 0.25) is 0 Å². The van der Waals surface area contributed by atoms with E-state index in [4.69, 9.17) is 0 Å². The Bertz CT molecular complexity index is 881. The van der Waals surface area contributed by atoms with Crippen molar-refractivity contribution in [3.8, 4) is 5.69 Å². The first-order valence-electron chi connectivity index (χ1n) is 7.52. The van der Waals surface area contributed by atoms with Crippen LogP contribution >= 0.6 is 15.9 Å². The third kappa shape index (κ3) is 2.26. The largest absolute Gasteiger partial charge is 0.336 e. The number of rotatable bonds is 1. The van der Waals surface area contributed by atoms with Gasteiger partial charge in [0.25, 0.3) is 0 Å². The van der Waals surface area contributed by atoms with Gasteiger partial charge in [-0.05, 0) is 25.1 Å². The van der Waals surface area contributed by atoms with Crippen molar-refractivity contribution in [2.45, 2.75) is 19.8 Å². The van der Waals surface area contributed by atoms with Gasteiger partial charge in [0.15, 0.2) is 0 Å². The van der Waals surface area contributed by atoms with E-state index in [9.17, 15) is 0 Å². The molecule has 2 aromatic heterocycles. The minimum Gasteiger partial charge on any atom is -0.336 e. The van der Waals surface area contributed by atoms with E-state index in [1.165, 1.54) is 0 Å². The molecular formula is C16H17BrN6. The van der Waals surface area contributed by atoms with Gasteiger partial charge in [-0.1, -0.05) is 22.9 Å². The highest BCUT2D eigenvalue weighted by Crippen LogP contribution is 2.39. The molecule has 0 fully saturated rings. The Morgan fingerprint density at radius 1 is 1.22 bits per heavy atom. The van der Waals surface area contributed by atoms with Crippen LogP contribution in [-0.4, -0.2) is 31.1 Å². The minimum absolute atomic E-state index is 0.252. The maximum Gasteiger partial charge on any atom is 0.142 e. The van der Waals surface area contributed by atoms with Crippen LogP contribution in [0, 0.1) is 6.92 Å². The molecule has 1 aliphatic rings. The maximum absolute atomic E-state index is 4.41. The van der Waals surface area contributed by atoms with E-state index in [-0.39, 0.29) is 5.92 Å². The Morgan fingerprint density at radius 2 is 2.04 bits per heavy atom. The molecule has 0 amide bonds. The molecule has 0 spiro atoms. The molecule has 1 aliphatic heterocycles. The average molecular weight is 373 g/mol. The van der Waals surface area contributed by atoms with Crippen molar-refractivity contribution in [3.05, 3.63) is 46.7 Å². The third-order valence-electron chi connectivity index (χ3n) is 4.22. The summed E-state index contributed by atoms with van der Waals surface area (Å²) in [7, 11) is 1.94. The molecule has 0 N–H and O–H groups in total.